The highest BCUT2D eigenvalue weighted by Crippen LogP contribution is 2.05. The van der Waals surface area contributed by atoms with Crippen molar-refractivity contribution in [3.05, 3.63) is 29.6 Å². The summed E-state index contributed by atoms with van der Waals surface area (Å²) in [6.45, 7) is 11.0. The summed E-state index contributed by atoms with van der Waals surface area (Å²) in [6, 6.07) is 4.25. The Bertz CT molecular complexity index is 403. The summed E-state index contributed by atoms with van der Waals surface area (Å²) in [5.74, 6) is 3.39. The number of aromatic nitrogens is 1. The van der Waals surface area contributed by atoms with Crippen LogP contribution in [-0.4, -0.2) is 29.5 Å². The molecule has 0 saturated carbocycles. The Morgan fingerprint density at radius 2 is 2.20 bits per heavy atom. The first kappa shape index (κ1) is 16.7. The molecule has 3 heteroatoms. The molecule has 1 aromatic heterocycles. The van der Waals surface area contributed by atoms with E-state index in [4.69, 9.17) is 6.42 Å². The van der Waals surface area contributed by atoms with Gasteiger partial charge in [-0.25, -0.2) is 0 Å². The molecular weight excluding hydrogens is 246 g/mol. The molecule has 3 nitrogen and oxygen atoms in total. The van der Waals surface area contributed by atoms with Gasteiger partial charge in [0.15, 0.2) is 0 Å². The van der Waals surface area contributed by atoms with Crippen molar-refractivity contribution in [2.75, 3.05) is 19.6 Å². The third-order valence-electron chi connectivity index (χ3n) is 3.01. The average molecular weight is 273 g/mol. The largest absolute Gasteiger partial charge is 0.312 e. The summed E-state index contributed by atoms with van der Waals surface area (Å²) in [7, 11) is 0. The van der Waals surface area contributed by atoms with Gasteiger partial charge in [-0.1, -0.05) is 32.8 Å². The third kappa shape index (κ3) is 6.70. The van der Waals surface area contributed by atoms with Crippen molar-refractivity contribution in [2.45, 2.75) is 40.3 Å². The van der Waals surface area contributed by atoms with Gasteiger partial charge in [0, 0.05) is 19.3 Å². The summed E-state index contributed by atoms with van der Waals surface area (Å²) >= 11 is 0. The molecule has 1 heterocycles. The van der Waals surface area contributed by atoms with E-state index < -0.39 is 0 Å². The molecule has 0 radical (unpaired) electrons. The van der Waals surface area contributed by atoms with Crippen LogP contribution in [0.3, 0.4) is 0 Å². The van der Waals surface area contributed by atoms with Crippen molar-refractivity contribution in [1.29, 1.82) is 0 Å². The summed E-state index contributed by atoms with van der Waals surface area (Å²) < 4.78 is 0. The molecule has 0 atom stereocenters. The SMILES string of the molecule is C#CCN(CCC)Cc1ccc(CNCC(C)C)cn1. The highest BCUT2D eigenvalue weighted by molar-refractivity contribution is 5.14. The van der Waals surface area contributed by atoms with Crippen molar-refractivity contribution < 1.29 is 0 Å². The maximum atomic E-state index is 5.40. The monoisotopic (exact) mass is 273 g/mol. The number of rotatable bonds is 9. The molecule has 0 aliphatic carbocycles. The Kier molecular flexibility index (Phi) is 7.94. The first-order valence-corrected chi connectivity index (χ1v) is 7.46. The summed E-state index contributed by atoms with van der Waals surface area (Å²) in [5.41, 5.74) is 2.31. The van der Waals surface area contributed by atoms with Crippen LogP contribution in [0, 0.1) is 18.3 Å². The molecule has 0 spiro atoms. The van der Waals surface area contributed by atoms with E-state index >= 15 is 0 Å². The predicted octanol–water partition coefficient (Wildman–Crippen LogP) is 2.67. The molecule has 0 unspecified atom stereocenters. The smallest absolute Gasteiger partial charge is 0.0602 e. The van der Waals surface area contributed by atoms with Gasteiger partial charge in [-0.15, -0.1) is 6.42 Å². The van der Waals surface area contributed by atoms with Crippen LogP contribution >= 0.6 is 0 Å². The van der Waals surface area contributed by atoms with Crippen molar-refractivity contribution in [3.8, 4) is 12.3 Å². The lowest BCUT2D eigenvalue weighted by Crippen LogP contribution is -2.25. The van der Waals surface area contributed by atoms with E-state index in [0.29, 0.717) is 12.5 Å². The van der Waals surface area contributed by atoms with Gasteiger partial charge in [0.25, 0.3) is 0 Å². The zero-order valence-corrected chi connectivity index (χ0v) is 13.0. The molecule has 0 aromatic carbocycles. The molecule has 0 saturated heterocycles. The van der Waals surface area contributed by atoms with E-state index in [-0.39, 0.29) is 0 Å². The molecule has 20 heavy (non-hydrogen) atoms. The number of terminal acetylenes is 1. The van der Waals surface area contributed by atoms with Gasteiger partial charge in [0.05, 0.1) is 12.2 Å². The van der Waals surface area contributed by atoms with Gasteiger partial charge >= 0.3 is 0 Å². The van der Waals surface area contributed by atoms with E-state index in [0.717, 1.165) is 38.3 Å². The van der Waals surface area contributed by atoms with Gasteiger partial charge in [-0.3, -0.25) is 9.88 Å². The van der Waals surface area contributed by atoms with Gasteiger partial charge in [-0.2, -0.15) is 0 Å². The van der Waals surface area contributed by atoms with Crippen LogP contribution in [0.25, 0.3) is 0 Å². The maximum Gasteiger partial charge on any atom is 0.0602 e. The average Bonchev–Trinajstić information content (AvgIpc) is 2.41. The highest BCUT2D eigenvalue weighted by atomic mass is 15.1. The Morgan fingerprint density at radius 3 is 2.75 bits per heavy atom. The number of nitrogens with zero attached hydrogens (tertiary/aromatic N) is 2. The quantitative estimate of drug-likeness (QED) is 0.701. The molecule has 0 aliphatic heterocycles. The molecule has 1 rings (SSSR count). The minimum absolute atomic E-state index is 0.675. The Hall–Kier alpha value is -1.37. The molecule has 0 fully saturated rings. The maximum absolute atomic E-state index is 5.40. The topological polar surface area (TPSA) is 28.2 Å². The molecule has 0 bridgehead atoms. The van der Waals surface area contributed by atoms with E-state index in [2.05, 4.69) is 54.0 Å². The van der Waals surface area contributed by atoms with Crippen LogP contribution < -0.4 is 5.32 Å². The number of hydrogen-bond acceptors (Lipinski definition) is 3. The standard InChI is InChI=1S/C17H27N3/c1-5-9-20(10-6-2)14-17-8-7-16(13-19-17)12-18-11-15(3)4/h1,7-8,13,15,18H,6,9-12,14H2,2-4H3. The van der Waals surface area contributed by atoms with Crippen molar-refractivity contribution in [1.82, 2.24) is 15.2 Å². The molecule has 1 N–H and O–H groups in total. The lowest BCUT2D eigenvalue weighted by Gasteiger charge is -2.18. The lowest BCUT2D eigenvalue weighted by molar-refractivity contribution is 0.296. The Labute approximate surface area is 123 Å². The van der Waals surface area contributed by atoms with Gasteiger partial charge in [-0.05, 0) is 37.1 Å². The predicted molar refractivity (Wildman–Crippen MR) is 85.2 cm³/mol. The van der Waals surface area contributed by atoms with Crippen molar-refractivity contribution in [3.63, 3.8) is 0 Å². The van der Waals surface area contributed by atoms with E-state index in [1.807, 2.05) is 6.20 Å². The molecule has 110 valence electrons. The minimum atomic E-state index is 0.675. The number of pyridine rings is 1. The van der Waals surface area contributed by atoms with E-state index in [1.54, 1.807) is 0 Å². The highest BCUT2D eigenvalue weighted by Gasteiger charge is 2.04. The number of nitrogens with one attached hydrogen (secondary N) is 1. The van der Waals surface area contributed by atoms with Crippen LogP contribution in [-0.2, 0) is 13.1 Å². The Morgan fingerprint density at radius 1 is 1.40 bits per heavy atom. The normalized spacial score (nSPS) is 11.0. The molecule has 1 aromatic rings. The van der Waals surface area contributed by atoms with Crippen LogP contribution in [0.2, 0.25) is 0 Å². The first-order chi connectivity index (χ1) is 9.65. The van der Waals surface area contributed by atoms with Crippen LogP contribution in [0.1, 0.15) is 38.4 Å². The van der Waals surface area contributed by atoms with Crippen molar-refractivity contribution >= 4 is 0 Å². The fourth-order valence-corrected chi connectivity index (χ4v) is 2.05. The second kappa shape index (κ2) is 9.52. The fraction of sp³-hybridized carbons (Fsp3) is 0.588. The zero-order valence-electron chi connectivity index (χ0n) is 13.0. The summed E-state index contributed by atoms with van der Waals surface area (Å²) in [6.07, 6.45) is 8.47. The Balaban J connectivity index is 2.46. The second-order valence-electron chi connectivity index (χ2n) is 5.60. The van der Waals surface area contributed by atoms with Crippen molar-refractivity contribution in [2.24, 2.45) is 5.92 Å². The minimum Gasteiger partial charge on any atom is -0.312 e. The van der Waals surface area contributed by atoms with Crippen LogP contribution in [0.15, 0.2) is 18.3 Å². The second-order valence-corrected chi connectivity index (χ2v) is 5.60. The third-order valence-corrected chi connectivity index (χ3v) is 3.01. The summed E-state index contributed by atoms with van der Waals surface area (Å²) in [4.78, 5) is 6.78. The van der Waals surface area contributed by atoms with Crippen LogP contribution in [0.4, 0.5) is 0 Å². The van der Waals surface area contributed by atoms with E-state index in [1.165, 1.54) is 5.56 Å². The fourth-order valence-electron chi connectivity index (χ4n) is 2.05. The molecular formula is C17H27N3. The van der Waals surface area contributed by atoms with Gasteiger partial charge in [0.2, 0.25) is 0 Å². The van der Waals surface area contributed by atoms with Gasteiger partial charge < -0.3 is 5.32 Å². The van der Waals surface area contributed by atoms with Crippen LogP contribution in [0.5, 0.6) is 0 Å². The molecule has 0 aliphatic rings. The summed E-state index contributed by atoms with van der Waals surface area (Å²) in [5, 5.41) is 3.43. The first-order valence-electron chi connectivity index (χ1n) is 7.46. The van der Waals surface area contributed by atoms with E-state index in [9.17, 15) is 0 Å². The van der Waals surface area contributed by atoms with Gasteiger partial charge in [0.1, 0.15) is 0 Å². The zero-order chi connectivity index (χ0) is 14.8. The number of hydrogen-bond donors (Lipinski definition) is 1. The molecule has 0 amide bonds. The lowest BCUT2D eigenvalue weighted by atomic mass is 10.2.